The lowest BCUT2D eigenvalue weighted by atomic mass is 9.92. The maximum atomic E-state index is 11.7. The number of aromatic hydroxyl groups is 1. The lowest BCUT2D eigenvalue weighted by molar-refractivity contribution is -0.204. The maximum Gasteiger partial charge on any atom is 0.339 e. The molecule has 0 atom stereocenters. The van der Waals surface area contributed by atoms with Gasteiger partial charge in [0, 0.05) is 5.56 Å². The van der Waals surface area contributed by atoms with Crippen LogP contribution in [0.4, 0.5) is 0 Å². The van der Waals surface area contributed by atoms with Gasteiger partial charge in [0.1, 0.15) is 5.56 Å². The van der Waals surface area contributed by atoms with Gasteiger partial charge in [-0.1, -0.05) is 26.7 Å². The molecule has 23 heavy (non-hydrogen) atoms. The molecule has 0 unspecified atom stereocenters. The van der Waals surface area contributed by atoms with Crippen molar-refractivity contribution in [3.05, 3.63) is 16.7 Å². The quantitative estimate of drug-likeness (QED) is 0.503. The van der Waals surface area contributed by atoms with Crippen LogP contribution in [0.15, 0.2) is 0 Å². The summed E-state index contributed by atoms with van der Waals surface area (Å²) in [5.74, 6) is -1.33. The standard InChI is InChI=1S/C17H26O6/c1-5-9-11-12(10-6-2)15(21-7-3)16(23-22-8-4)14(18)13(11)17(19)20/h18H,5-10H2,1-4H3,(H,19,20). The third-order valence-electron chi connectivity index (χ3n) is 3.36. The van der Waals surface area contributed by atoms with E-state index in [1.165, 1.54) is 0 Å². The summed E-state index contributed by atoms with van der Waals surface area (Å²) < 4.78 is 5.66. The van der Waals surface area contributed by atoms with E-state index >= 15 is 0 Å². The zero-order valence-electron chi connectivity index (χ0n) is 14.3. The molecule has 0 fully saturated rings. The van der Waals surface area contributed by atoms with Crippen LogP contribution in [0.3, 0.4) is 0 Å². The highest BCUT2D eigenvalue weighted by atomic mass is 17.2. The van der Waals surface area contributed by atoms with Crippen LogP contribution in [0.25, 0.3) is 0 Å². The summed E-state index contributed by atoms with van der Waals surface area (Å²) in [5, 5.41) is 20.0. The third-order valence-corrected chi connectivity index (χ3v) is 3.36. The fourth-order valence-electron chi connectivity index (χ4n) is 2.55. The predicted octanol–water partition coefficient (Wildman–Crippen LogP) is 3.72. The van der Waals surface area contributed by atoms with Crippen LogP contribution in [0.1, 0.15) is 62.0 Å². The first-order valence-corrected chi connectivity index (χ1v) is 8.09. The maximum absolute atomic E-state index is 11.7. The number of carboxylic acids is 1. The van der Waals surface area contributed by atoms with Crippen LogP contribution in [0.2, 0.25) is 0 Å². The van der Waals surface area contributed by atoms with E-state index in [9.17, 15) is 15.0 Å². The van der Waals surface area contributed by atoms with Crippen molar-refractivity contribution >= 4 is 5.97 Å². The van der Waals surface area contributed by atoms with Crippen LogP contribution in [-0.4, -0.2) is 29.4 Å². The summed E-state index contributed by atoms with van der Waals surface area (Å²) in [6.45, 7) is 8.14. The molecule has 1 rings (SSSR count). The summed E-state index contributed by atoms with van der Waals surface area (Å²) in [6, 6.07) is 0. The van der Waals surface area contributed by atoms with Gasteiger partial charge in [-0.15, -0.1) is 0 Å². The molecule has 0 amide bonds. The zero-order valence-corrected chi connectivity index (χ0v) is 14.3. The van der Waals surface area contributed by atoms with Gasteiger partial charge in [0.15, 0.2) is 11.5 Å². The van der Waals surface area contributed by atoms with Crippen molar-refractivity contribution in [2.75, 3.05) is 13.2 Å². The second kappa shape index (κ2) is 9.25. The molecule has 0 spiro atoms. The minimum Gasteiger partial charge on any atom is -0.503 e. The molecule has 0 aliphatic carbocycles. The summed E-state index contributed by atoms with van der Waals surface area (Å²) in [7, 11) is 0. The van der Waals surface area contributed by atoms with Crippen molar-refractivity contribution in [1.29, 1.82) is 0 Å². The molecule has 0 aromatic heterocycles. The van der Waals surface area contributed by atoms with Crippen LogP contribution >= 0.6 is 0 Å². The first-order chi connectivity index (χ1) is 11.0. The fourth-order valence-corrected chi connectivity index (χ4v) is 2.55. The van der Waals surface area contributed by atoms with Crippen molar-refractivity contribution in [3.8, 4) is 17.2 Å². The molecular weight excluding hydrogens is 300 g/mol. The van der Waals surface area contributed by atoms with Crippen molar-refractivity contribution in [1.82, 2.24) is 0 Å². The molecule has 0 saturated heterocycles. The highest BCUT2D eigenvalue weighted by Crippen LogP contribution is 2.46. The van der Waals surface area contributed by atoms with Gasteiger partial charge < -0.3 is 19.8 Å². The summed E-state index contributed by atoms with van der Waals surface area (Å²) >= 11 is 0. The van der Waals surface area contributed by atoms with E-state index < -0.39 is 11.7 Å². The number of phenols is 1. The largest absolute Gasteiger partial charge is 0.503 e. The van der Waals surface area contributed by atoms with Gasteiger partial charge in [-0.05, 0) is 32.3 Å². The number of rotatable bonds is 10. The van der Waals surface area contributed by atoms with E-state index in [0.717, 1.165) is 18.4 Å². The first-order valence-electron chi connectivity index (χ1n) is 8.09. The minimum absolute atomic E-state index is 0.0607. The second-order valence-electron chi connectivity index (χ2n) is 5.07. The van der Waals surface area contributed by atoms with Gasteiger partial charge in [0.05, 0.1) is 13.2 Å². The Hall–Kier alpha value is -1.95. The molecule has 130 valence electrons. The highest BCUT2D eigenvalue weighted by Gasteiger charge is 2.29. The molecule has 0 radical (unpaired) electrons. The Bertz CT molecular complexity index is 539. The zero-order chi connectivity index (χ0) is 17.4. The monoisotopic (exact) mass is 326 g/mol. The van der Waals surface area contributed by atoms with Crippen molar-refractivity contribution in [2.45, 2.75) is 53.4 Å². The number of benzene rings is 1. The number of hydrogen-bond donors (Lipinski definition) is 2. The summed E-state index contributed by atoms with van der Waals surface area (Å²) in [5.41, 5.74) is 1.24. The SMILES string of the molecule is CCCc1c(CCC)c(C(=O)O)c(O)c(OOCC)c1OCC. The normalized spacial score (nSPS) is 10.6. The van der Waals surface area contributed by atoms with Crippen molar-refractivity contribution in [3.63, 3.8) is 0 Å². The molecular formula is C17H26O6. The molecule has 6 nitrogen and oxygen atoms in total. The first kappa shape index (κ1) is 19.1. The van der Waals surface area contributed by atoms with Gasteiger partial charge >= 0.3 is 5.97 Å². The van der Waals surface area contributed by atoms with Crippen LogP contribution < -0.4 is 9.62 Å². The Kier molecular flexibility index (Phi) is 7.68. The molecule has 2 N–H and O–H groups in total. The summed E-state index contributed by atoms with van der Waals surface area (Å²) in [4.78, 5) is 21.7. The fraction of sp³-hybridized carbons (Fsp3) is 0.588. The Morgan fingerprint density at radius 1 is 0.957 bits per heavy atom. The molecule has 1 aromatic rings. The van der Waals surface area contributed by atoms with E-state index in [1.807, 2.05) is 20.8 Å². The van der Waals surface area contributed by atoms with Crippen LogP contribution in [0.5, 0.6) is 17.2 Å². The molecule has 1 aromatic carbocycles. The van der Waals surface area contributed by atoms with Crippen molar-refractivity contribution in [2.24, 2.45) is 0 Å². The van der Waals surface area contributed by atoms with E-state index in [2.05, 4.69) is 0 Å². The predicted molar refractivity (Wildman–Crippen MR) is 86.5 cm³/mol. The number of carbonyl (C=O) groups is 1. The molecule has 0 aliphatic rings. The van der Waals surface area contributed by atoms with E-state index in [1.54, 1.807) is 6.92 Å². The average Bonchev–Trinajstić information content (AvgIpc) is 2.50. The number of ether oxygens (including phenoxy) is 1. The second-order valence-corrected chi connectivity index (χ2v) is 5.07. The number of hydrogen-bond acceptors (Lipinski definition) is 5. The number of aromatic carboxylic acids is 1. The molecule has 0 aliphatic heterocycles. The van der Waals surface area contributed by atoms with Gasteiger partial charge in [-0.25, -0.2) is 4.79 Å². The average molecular weight is 326 g/mol. The molecule has 0 bridgehead atoms. The Morgan fingerprint density at radius 3 is 2.04 bits per heavy atom. The topological polar surface area (TPSA) is 85.2 Å². The summed E-state index contributed by atoms with van der Waals surface area (Å²) in [6.07, 6.45) is 2.75. The van der Waals surface area contributed by atoms with E-state index in [4.69, 9.17) is 14.5 Å². The molecule has 0 heterocycles. The van der Waals surface area contributed by atoms with Crippen LogP contribution in [-0.2, 0) is 17.7 Å². The van der Waals surface area contributed by atoms with Gasteiger partial charge in [0.2, 0.25) is 5.75 Å². The van der Waals surface area contributed by atoms with E-state index in [-0.39, 0.29) is 17.9 Å². The highest BCUT2D eigenvalue weighted by molar-refractivity contribution is 5.95. The third kappa shape index (κ3) is 4.28. The van der Waals surface area contributed by atoms with Gasteiger partial charge in [-0.3, -0.25) is 0 Å². The van der Waals surface area contributed by atoms with Gasteiger partial charge in [-0.2, -0.15) is 4.89 Å². The lowest BCUT2D eigenvalue weighted by Crippen LogP contribution is -2.12. The Labute approximate surface area is 136 Å². The molecule has 0 saturated carbocycles. The lowest BCUT2D eigenvalue weighted by Gasteiger charge is -2.21. The Morgan fingerprint density at radius 2 is 1.57 bits per heavy atom. The van der Waals surface area contributed by atoms with Gasteiger partial charge in [0.25, 0.3) is 0 Å². The Balaban J connectivity index is 3.70. The number of carboxylic acid groups (broad SMARTS) is 1. The van der Waals surface area contributed by atoms with Crippen molar-refractivity contribution < 1.29 is 29.5 Å². The minimum atomic E-state index is -1.19. The molecule has 6 heteroatoms. The van der Waals surface area contributed by atoms with E-state index in [0.29, 0.717) is 30.8 Å². The van der Waals surface area contributed by atoms with Crippen LogP contribution in [0, 0.1) is 0 Å². The smallest absolute Gasteiger partial charge is 0.339 e.